The summed E-state index contributed by atoms with van der Waals surface area (Å²) in [6.45, 7) is 5.94. The molecule has 84 valence electrons. The molecule has 0 aliphatic rings. The van der Waals surface area contributed by atoms with Crippen LogP contribution >= 0.6 is 11.6 Å². The maximum atomic E-state index is 5.80. The molecule has 0 spiro atoms. The standard InChI is InChI=1S/C11H9ClN2.C2H6/c1-8-11(14-7-6-13-8)9-2-4-10(12)5-3-9;1-2/h2-7H,1H3;1-2H3. The summed E-state index contributed by atoms with van der Waals surface area (Å²) >= 11 is 5.80. The van der Waals surface area contributed by atoms with E-state index in [0.717, 1.165) is 22.0 Å². The van der Waals surface area contributed by atoms with E-state index in [2.05, 4.69) is 9.97 Å². The van der Waals surface area contributed by atoms with Crippen molar-refractivity contribution in [2.24, 2.45) is 0 Å². The molecule has 1 heterocycles. The topological polar surface area (TPSA) is 25.8 Å². The van der Waals surface area contributed by atoms with E-state index in [-0.39, 0.29) is 0 Å². The lowest BCUT2D eigenvalue weighted by molar-refractivity contribution is 1.12. The predicted molar refractivity (Wildman–Crippen MR) is 68.6 cm³/mol. The molecule has 2 aromatic rings. The maximum Gasteiger partial charge on any atom is 0.0914 e. The third-order valence-corrected chi connectivity index (χ3v) is 2.25. The number of hydrogen-bond acceptors (Lipinski definition) is 2. The minimum absolute atomic E-state index is 0.732. The van der Waals surface area contributed by atoms with E-state index < -0.39 is 0 Å². The second-order valence-corrected chi connectivity index (χ2v) is 3.43. The fraction of sp³-hybridized carbons (Fsp3) is 0.231. The van der Waals surface area contributed by atoms with Gasteiger partial charge in [-0.2, -0.15) is 0 Å². The molecule has 16 heavy (non-hydrogen) atoms. The van der Waals surface area contributed by atoms with Crippen molar-refractivity contribution in [3.63, 3.8) is 0 Å². The Morgan fingerprint density at radius 2 is 1.50 bits per heavy atom. The molecule has 0 N–H and O–H groups in total. The van der Waals surface area contributed by atoms with Crippen LogP contribution in [0.5, 0.6) is 0 Å². The molecule has 0 unspecified atom stereocenters. The smallest absolute Gasteiger partial charge is 0.0914 e. The van der Waals surface area contributed by atoms with Crippen molar-refractivity contribution in [2.45, 2.75) is 20.8 Å². The SMILES string of the molecule is CC.Cc1nccnc1-c1ccc(Cl)cc1. The number of rotatable bonds is 1. The van der Waals surface area contributed by atoms with Gasteiger partial charge in [0.25, 0.3) is 0 Å². The van der Waals surface area contributed by atoms with Gasteiger partial charge in [-0.1, -0.05) is 37.6 Å². The first-order chi connectivity index (χ1) is 7.77. The normalized spacial score (nSPS) is 9.25. The number of aromatic nitrogens is 2. The van der Waals surface area contributed by atoms with Gasteiger partial charge in [0.1, 0.15) is 0 Å². The zero-order valence-electron chi connectivity index (χ0n) is 9.74. The average Bonchev–Trinajstić information content (AvgIpc) is 2.34. The van der Waals surface area contributed by atoms with Crippen molar-refractivity contribution >= 4 is 11.6 Å². The van der Waals surface area contributed by atoms with Crippen molar-refractivity contribution < 1.29 is 0 Å². The highest BCUT2D eigenvalue weighted by Gasteiger charge is 2.02. The highest BCUT2D eigenvalue weighted by molar-refractivity contribution is 6.30. The van der Waals surface area contributed by atoms with E-state index in [9.17, 15) is 0 Å². The summed E-state index contributed by atoms with van der Waals surface area (Å²) in [6, 6.07) is 7.59. The Labute approximate surface area is 101 Å². The zero-order chi connectivity index (χ0) is 12.0. The Balaban J connectivity index is 0.000000606. The Kier molecular flexibility index (Phi) is 4.93. The molecule has 0 saturated heterocycles. The van der Waals surface area contributed by atoms with E-state index >= 15 is 0 Å². The van der Waals surface area contributed by atoms with Crippen LogP contribution in [-0.2, 0) is 0 Å². The lowest BCUT2D eigenvalue weighted by Gasteiger charge is -2.02. The molecule has 3 heteroatoms. The number of aryl methyl sites for hydroxylation is 1. The Morgan fingerprint density at radius 3 is 2.06 bits per heavy atom. The van der Waals surface area contributed by atoms with E-state index in [1.165, 1.54) is 0 Å². The van der Waals surface area contributed by atoms with Gasteiger partial charge in [0.2, 0.25) is 0 Å². The second kappa shape index (κ2) is 6.23. The third-order valence-electron chi connectivity index (χ3n) is 2.00. The van der Waals surface area contributed by atoms with Crippen LogP contribution in [0, 0.1) is 6.92 Å². The third kappa shape index (κ3) is 3.04. The van der Waals surface area contributed by atoms with Gasteiger partial charge in [0.15, 0.2) is 0 Å². The molecule has 0 atom stereocenters. The number of hydrogen-bond donors (Lipinski definition) is 0. The minimum atomic E-state index is 0.732. The first kappa shape index (κ1) is 12.7. The van der Waals surface area contributed by atoms with Crippen LogP contribution in [0.25, 0.3) is 11.3 Å². The highest BCUT2D eigenvalue weighted by Crippen LogP contribution is 2.20. The van der Waals surface area contributed by atoms with Gasteiger partial charge in [-0.25, -0.2) is 0 Å². The average molecular weight is 235 g/mol. The first-order valence-corrected chi connectivity index (χ1v) is 5.69. The Bertz CT molecular complexity index is 438. The van der Waals surface area contributed by atoms with Crippen molar-refractivity contribution in [3.8, 4) is 11.3 Å². The van der Waals surface area contributed by atoms with Gasteiger partial charge in [0.05, 0.1) is 11.4 Å². The van der Waals surface area contributed by atoms with Crippen LogP contribution in [0.15, 0.2) is 36.7 Å². The lowest BCUT2D eigenvalue weighted by atomic mass is 10.1. The van der Waals surface area contributed by atoms with Crippen LogP contribution in [-0.4, -0.2) is 9.97 Å². The maximum absolute atomic E-state index is 5.80. The second-order valence-electron chi connectivity index (χ2n) is 3.00. The summed E-state index contributed by atoms with van der Waals surface area (Å²) in [4.78, 5) is 8.46. The van der Waals surface area contributed by atoms with E-state index in [1.54, 1.807) is 12.4 Å². The molecule has 0 amide bonds. The molecule has 2 rings (SSSR count). The van der Waals surface area contributed by atoms with Crippen molar-refractivity contribution in [1.82, 2.24) is 9.97 Å². The number of nitrogens with zero attached hydrogens (tertiary/aromatic N) is 2. The number of benzene rings is 1. The fourth-order valence-corrected chi connectivity index (χ4v) is 1.42. The van der Waals surface area contributed by atoms with Crippen molar-refractivity contribution in [2.75, 3.05) is 0 Å². The van der Waals surface area contributed by atoms with E-state index in [4.69, 9.17) is 11.6 Å². The van der Waals surface area contributed by atoms with Gasteiger partial charge in [-0.05, 0) is 19.1 Å². The quantitative estimate of drug-likeness (QED) is 0.742. The summed E-state index contributed by atoms with van der Waals surface area (Å²) < 4.78 is 0. The number of halogens is 1. The monoisotopic (exact) mass is 234 g/mol. The fourth-order valence-electron chi connectivity index (χ4n) is 1.30. The lowest BCUT2D eigenvalue weighted by Crippen LogP contribution is -1.90. The van der Waals surface area contributed by atoms with Gasteiger partial charge < -0.3 is 0 Å². The summed E-state index contributed by atoms with van der Waals surface area (Å²) in [5.74, 6) is 0. The summed E-state index contributed by atoms with van der Waals surface area (Å²) in [5.41, 5.74) is 2.87. The molecule has 2 nitrogen and oxygen atoms in total. The highest BCUT2D eigenvalue weighted by atomic mass is 35.5. The molecular formula is C13H15ClN2. The molecule has 0 fully saturated rings. The van der Waals surface area contributed by atoms with Crippen LogP contribution in [0.3, 0.4) is 0 Å². The minimum Gasteiger partial charge on any atom is -0.258 e. The van der Waals surface area contributed by atoms with Crippen LogP contribution < -0.4 is 0 Å². The van der Waals surface area contributed by atoms with Crippen molar-refractivity contribution in [3.05, 3.63) is 47.4 Å². The van der Waals surface area contributed by atoms with Crippen LogP contribution in [0.2, 0.25) is 5.02 Å². The summed E-state index contributed by atoms with van der Waals surface area (Å²) in [6.07, 6.45) is 3.38. The molecule has 0 aliphatic heterocycles. The van der Waals surface area contributed by atoms with Crippen LogP contribution in [0.1, 0.15) is 19.5 Å². The van der Waals surface area contributed by atoms with Gasteiger partial charge in [-0.3, -0.25) is 9.97 Å². The molecule has 0 aliphatic carbocycles. The zero-order valence-corrected chi connectivity index (χ0v) is 10.5. The predicted octanol–water partition coefficient (Wildman–Crippen LogP) is 4.13. The molecule has 0 bridgehead atoms. The first-order valence-electron chi connectivity index (χ1n) is 5.31. The van der Waals surface area contributed by atoms with Crippen molar-refractivity contribution in [1.29, 1.82) is 0 Å². The largest absolute Gasteiger partial charge is 0.258 e. The van der Waals surface area contributed by atoms with Gasteiger partial charge >= 0.3 is 0 Å². The Morgan fingerprint density at radius 1 is 0.938 bits per heavy atom. The Hall–Kier alpha value is -1.41. The van der Waals surface area contributed by atoms with E-state index in [1.807, 2.05) is 45.0 Å². The van der Waals surface area contributed by atoms with Crippen LogP contribution in [0.4, 0.5) is 0 Å². The summed E-state index contributed by atoms with van der Waals surface area (Å²) in [7, 11) is 0. The molecule has 0 saturated carbocycles. The molecule has 1 aromatic heterocycles. The van der Waals surface area contributed by atoms with Gasteiger partial charge in [0, 0.05) is 23.0 Å². The summed E-state index contributed by atoms with van der Waals surface area (Å²) in [5, 5.41) is 0.732. The molecular weight excluding hydrogens is 220 g/mol. The van der Waals surface area contributed by atoms with E-state index in [0.29, 0.717) is 0 Å². The molecule has 0 radical (unpaired) electrons. The van der Waals surface area contributed by atoms with Gasteiger partial charge in [-0.15, -0.1) is 0 Å². The molecule has 1 aromatic carbocycles.